The Labute approximate surface area is 119 Å². The number of hydrogen-bond donors (Lipinski definition) is 0. The molecule has 0 aliphatic carbocycles. The monoisotopic (exact) mass is 298 g/mol. The molecule has 1 aromatic carbocycles. The van der Waals surface area contributed by atoms with Crippen molar-refractivity contribution in [1.82, 2.24) is 10.2 Å². The van der Waals surface area contributed by atoms with Gasteiger partial charge in [0.15, 0.2) is 0 Å². The molecule has 1 heterocycles. The maximum absolute atomic E-state index is 11.4. The average Bonchev–Trinajstić information content (AvgIpc) is 2.83. The van der Waals surface area contributed by atoms with Crippen LogP contribution in [0, 0.1) is 6.92 Å². The zero-order chi connectivity index (χ0) is 13.8. The number of rotatable bonds is 4. The van der Waals surface area contributed by atoms with Crippen LogP contribution in [0.1, 0.15) is 22.3 Å². The lowest BCUT2D eigenvalue weighted by atomic mass is 10.2. The van der Waals surface area contributed by atoms with Crippen LogP contribution >= 0.6 is 22.9 Å². The van der Waals surface area contributed by atoms with Gasteiger partial charge < -0.3 is 9.47 Å². The highest BCUT2D eigenvalue weighted by atomic mass is 35.5. The summed E-state index contributed by atoms with van der Waals surface area (Å²) < 4.78 is 10.4. The van der Waals surface area contributed by atoms with E-state index in [-0.39, 0.29) is 10.2 Å². The molecular formula is C12H11ClN2O3S. The molecule has 0 N–H and O–H groups in total. The van der Waals surface area contributed by atoms with Crippen LogP contribution in [0.4, 0.5) is 0 Å². The lowest BCUT2D eigenvalue weighted by Crippen LogP contribution is -2.03. The number of esters is 1. The van der Waals surface area contributed by atoms with Gasteiger partial charge in [0.25, 0.3) is 5.19 Å². The molecule has 1 aromatic heterocycles. The number of benzene rings is 1. The van der Waals surface area contributed by atoms with Gasteiger partial charge in [-0.25, -0.2) is 4.79 Å². The summed E-state index contributed by atoms with van der Waals surface area (Å²) in [5.41, 5.74) is 0.914. The fourth-order valence-corrected chi connectivity index (χ4v) is 2.07. The van der Waals surface area contributed by atoms with E-state index in [1.165, 1.54) is 0 Å². The standard InChI is InChI=1S/C12H11ClN2O3S/c1-3-17-11(16)10-14-15-12(19-10)18-9-6-8(13)5-4-7(9)2/h4-6H,3H2,1-2H3. The molecule has 19 heavy (non-hydrogen) atoms. The number of hydrogen-bond acceptors (Lipinski definition) is 6. The molecule has 2 rings (SSSR count). The molecule has 2 aromatic rings. The Morgan fingerprint density at radius 3 is 2.95 bits per heavy atom. The number of carbonyl (C=O) groups excluding carboxylic acids is 1. The summed E-state index contributed by atoms with van der Waals surface area (Å²) in [6, 6.07) is 5.29. The summed E-state index contributed by atoms with van der Waals surface area (Å²) >= 11 is 6.92. The van der Waals surface area contributed by atoms with Gasteiger partial charge in [0.1, 0.15) is 5.75 Å². The van der Waals surface area contributed by atoms with Crippen molar-refractivity contribution < 1.29 is 14.3 Å². The summed E-state index contributed by atoms with van der Waals surface area (Å²) in [5.74, 6) is 0.0803. The molecule has 0 unspecified atom stereocenters. The van der Waals surface area contributed by atoms with Crippen molar-refractivity contribution in [2.45, 2.75) is 13.8 Å². The lowest BCUT2D eigenvalue weighted by molar-refractivity contribution is 0.0525. The minimum atomic E-state index is -0.502. The molecule has 0 radical (unpaired) electrons. The third-order valence-corrected chi connectivity index (χ3v) is 3.22. The van der Waals surface area contributed by atoms with E-state index in [1.54, 1.807) is 19.1 Å². The molecule has 0 saturated carbocycles. The van der Waals surface area contributed by atoms with Gasteiger partial charge in [0.2, 0.25) is 5.01 Å². The van der Waals surface area contributed by atoms with E-state index in [1.807, 2.05) is 13.0 Å². The Hall–Kier alpha value is -1.66. The van der Waals surface area contributed by atoms with E-state index >= 15 is 0 Å². The third-order valence-electron chi connectivity index (χ3n) is 2.20. The molecule has 0 atom stereocenters. The van der Waals surface area contributed by atoms with Gasteiger partial charge in [0.05, 0.1) is 6.61 Å². The SMILES string of the molecule is CCOC(=O)c1nnc(Oc2cc(Cl)ccc2C)s1. The zero-order valence-corrected chi connectivity index (χ0v) is 11.9. The van der Waals surface area contributed by atoms with Crippen LogP contribution in [0.25, 0.3) is 0 Å². The van der Waals surface area contributed by atoms with Gasteiger partial charge in [0, 0.05) is 5.02 Å². The van der Waals surface area contributed by atoms with Gasteiger partial charge in [-0.3, -0.25) is 0 Å². The van der Waals surface area contributed by atoms with Crippen molar-refractivity contribution in [2.75, 3.05) is 6.61 Å². The second kappa shape index (κ2) is 5.99. The van der Waals surface area contributed by atoms with E-state index in [0.717, 1.165) is 16.9 Å². The zero-order valence-electron chi connectivity index (χ0n) is 10.3. The summed E-state index contributed by atoms with van der Waals surface area (Å²) in [7, 11) is 0. The van der Waals surface area contributed by atoms with E-state index in [2.05, 4.69) is 10.2 Å². The summed E-state index contributed by atoms with van der Waals surface area (Å²) in [5, 5.41) is 8.51. The molecule has 0 aliphatic heterocycles. The maximum Gasteiger partial charge on any atom is 0.369 e. The largest absolute Gasteiger partial charge is 0.461 e. The lowest BCUT2D eigenvalue weighted by Gasteiger charge is -2.04. The Morgan fingerprint density at radius 2 is 2.21 bits per heavy atom. The molecule has 0 fully saturated rings. The Balaban J connectivity index is 2.15. The van der Waals surface area contributed by atoms with Gasteiger partial charge in [-0.2, -0.15) is 0 Å². The highest BCUT2D eigenvalue weighted by Gasteiger charge is 2.15. The van der Waals surface area contributed by atoms with E-state index < -0.39 is 5.97 Å². The van der Waals surface area contributed by atoms with E-state index in [4.69, 9.17) is 21.1 Å². The second-order valence-electron chi connectivity index (χ2n) is 3.61. The number of nitrogens with zero attached hydrogens (tertiary/aromatic N) is 2. The molecule has 5 nitrogen and oxygen atoms in total. The number of aromatic nitrogens is 2. The molecule has 0 amide bonds. The molecule has 7 heteroatoms. The predicted molar refractivity (Wildman–Crippen MR) is 72.1 cm³/mol. The molecule has 0 bridgehead atoms. The Morgan fingerprint density at radius 1 is 1.42 bits per heavy atom. The fraction of sp³-hybridized carbons (Fsp3) is 0.250. The van der Waals surface area contributed by atoms with E-state index in [0.29, 0.717) is 17.4 Å². The first kappa shape index (κ1) is 13.8. The van der Waals surface area contributed by atoms with Crippen molar-refractivity contribution in [1.29, 1.82) is 0 Å². The third kappa shape index (κ3) is 3.42. The quantitative estimate of drug-likeness (QED) is 0.809. The number of halogens is 1. The van der Waals surface area contributed by atoms with Crippen molar-refractivity contribution in [2.24, 2.45) is 0 Å². The van der Waals surface area contributed by atoms with Crippen LogP contribution in [0.3, 0.4) is 0 Å². The molecule has 0 aliphatic rings. The summed E-state index contributed by atoms with van der Waals surface area (Å²) in [6.45, 7) is 3.91. The van der Waals surface area contributed by atoms with Crippen molar-refractivity contribution >= 4 is 28.9 Å². The molecule has 0 spiro atoms. The minimum absolute atomic E-state index is 0.163. The second-order valence-corrected chi connectivity index (χ2v) is 4.98. The predicted octanol–water partition coefficient (Wildman–Crippen LogP) is 3.47. The Kier molecular flexibility index (Phi) is 4.34. The van der Waals surface area contributed by atoms with E-state index in [9.17, 15) is 4.79 Å². The first-order chi connectivity index (χ1) is 9.10. The van der Waals surface area contributed by atoms with Crippen molar-refractivity contribution in [3.8, 4) is 10.9 Å². The first-order valence-electron chi connectivity index (χ1n) is 5.54. The van der Waals surface area contributed by atoms with Crippen LogP contribution in [0.15, 0.2) is 18.2 Å². The summed E-state index contributed by atoms with van der Waals surface area (Å²) in [6.07, 6.45) is 0. The van der Waals surface area contributed by atoms with Crippen LogP contribution in [-0.4, -0.2) is 22.8 Å². The number of aryl methyl sites for hydroxylation is 1. The number of ether oxygens (including phenoxy) is 2. The normalized spacial score (nSPS) is 10.3. The van der Waals surface area contributed by atoms with Gasteiger partial charge in [-0.15, -0.1) is 5.10 Å². The smallest absolute Gasteiger partial charge is 0.369 e. The van der Waals surface area contributed by atoms with Crippen LogP contribution in [0.5, 0.6) is 10.9 Å². The van der Waals surface area contributed by atoms with Crippen LogP contribution in [0.2, 0.25) is 5.02 Å². The minimum Gasteiger partial charge on any atom is -0.461 e. The summed E-state index contributed by atoms with van der Waals surface area (Å²) in [4.78, 5) is 11.4. The van der Waals surface area contributed by atoms with Gasteiger partial charge in [-0.05, 0) is 42.9 Å². The van der Waals surface area contributed by atoms with Crippen LogP contribution in [-0.2, 0) is 4.74 Å². The number of carbonyl (C=O) groups is 1. The van der Waals surface area contributed by atoms with Gasteiger partial charge in [-0.1, -0.05) is 22.8 Å². The molecular weight excluding hydrogens is 288 g/mol. The Bertz CT molecular complexity index is 600. The maximum atomic E-state index is 11.4. The molecule has 100 valence electrons. The highest BCUT2D eigenvalue weighted by molar-refractivity contribution is 7.14. The first-order valence-corrected chi connectivity index (χ1v) is 6.74. The van der Waals surface area contributed by atoms with Crippen molar-refractivity contribution in [3.05, 3.63) is 33.8 Å². The molecule has 0 saturated heterocycles. The average molecular weight is 299 g/mol. The van der Waals surface area contributed by atoms with Crippen molar-refractivity contribution in [3.63, 3.8) is 0 Å². The van der Waals surface area contributed by atoms with Gasteiger partial charge >= 0.3 is 5.97 Å². The topological polar surface area (TPSA) is 61.3 Å². The van der Waals surface area contributed by atoms with Crippen LogP contribution < -0.4 is 4.74 Å². The highest BCUT2D eigenvalue weighted by Crippen LogP contribution is 2.29. The fourth-order valence-electron chi connectivity index (χ4n) is 1.30.